The normalized spacial score (nSPS) is 20.6. The molecule has 0 saturated heterocycles. The molecule has 1 fully saturated rings. The topological polar surface area (TPSA) is 35.0 Å². The van der Waals surface area contributed by atoms with Crippen LogP contribution < -0.4 is 4.74 Å². The fourth-order valence-corrected chi connectivity index (χ4v) is 3.48. The van der Waals surface area contributed by atoms with Crippen LogP contribution >= 0.6 is 34.2 Å². The van der Waals surface area contributed by atoms with Crippen molar-refractivity contribution in [1.82, 2.24) is 9.97 Å². The molecule has 1 aliphatic carbocycles. The molecule has 1 atom stereocenters. The third kappa shape index (κ3) is 2.09. The molecule has 0 spiro atoms. The number of para-hydroxylation sites is 1. The Bertz CT molecular complexity index is 688. The van der Waals surface area contributed by atoms with Gasteiger partial charge in [-0.05, 0) is 41.5 Å². The fraction of sp³-hybridized carbons (Fsp3) is 0.333. The van der Waals surface area contributed by atoms with Crippen LogP contribution in [0.4, 0.5) is 0 Å². The Morgan fingerprint density at radius 3 is 2.80 bits per heavy atom. The van der Waals surface area contributed by atoms with Crippen LogP contribution in [0.25, 0.3) is 0 Å². The minimum Gasteiger partial charge on any atom is -0.492 e. The van der Waals surface area contributed by atoms with Crippen LogP contribution in [0.3, 0.4) is 0 Å². The van der Waals surface area contributed by atoms with Crippen molar-refractivity contribution >= 4 is 34.2 Å². The van der Waals surface area contributed by atoms with Crippen LogP contribution in [-0.4, -0.2) is 16.6 Å². The lowest BCUT2D eigenvalue weighted by Crippen LogP contribution is -2.11. The molecule has 2 aromatic rings. The molecule has 1 aromatic heterocycles. The Labute approximate surface area is 135 Å². The number of rotatable bonds is 2. The zero-order chi connectivity index (χ0) is 13.7. The maximum Gasteiger partial charge on any atom is 0.146 e. The van der Waals surface area contributed by atoms with Crippen molar-refractivity contribution in [2.45, 2.75) is 24.7 Å². The van der Waals surface area contributed by atoms with E-state index in [9.17, 15) is 0 Å². The number of aromatic nitrogens is 2. The third-order valence-corrected chi connectivity index (χ3v) is 5.49. The summed E-state index contributed by atoms with van der Waals surface area (Å²) in [4.78, 5) is 9.28. The van der Waals surface area contributed by atoms with Gasteiger partial charge in [-0.25, -0.2) is 9.97 Å². The third-order valence-electron chi connectivity index (χ3n) is 3.83. The van der Waals surface area contributed by atoms with E-state index >= 15 is 0 Å². The molecule has 102 valence electrons. The van der Waals surface area contributed by atoms with E-state index in [0.717, 1.165) is 26.4 Å². The maximum atomic E-state index is 6.30. The van der Waals surface area contributed by atoms with Crippen molar-refractivity contribution in [1.29, 1.82) is 0 Å². The van der Waals surface area contributed by atoms with E-state index in [4.69, 9.17) is 21.3 Å². The number of halogens is 2. The van der Waals surface area contributed by atoms with Crippen molar-refractivity contribution in [3.05, 3.63) is 50.1 Å². The number of ether oxygens (including phenoxy) is 1. The molecule has 20 heavy (non-hydrogen) atoms. The minimum absolute atomic E-state index is 0.0956. The second-order valence-electron chi connectivity index (χ2n) is 5.25. The summed E-state index contributed by atoms with van der Waals surface area (Å²) in [5.41, 5.74) is 2.27. The summed E-state index contributed by atoms with van der Waals surface area (Å²) in [6.07, 6.45) is 2.42. The summed E-state index contributed by atoms with van der Waals surface area (Å²) in [7, 11) is 0. The van der Waals surface area contributed by atoms with Gasteiger partial charge in [0.2, 0.25) is 0 Å². The number of benzene rings is 1. The lowest BCUT2D eigenvalue weighted by atomic mass is 10.0. The van der Waals surface area contributed by atoms with Gasteiger partial charge in [0.1, 0.15) is 23.3 Å². The molecule has 2 heterocycles. The average Bonchev–Trinajstić information content (AvgIpc) is 3.21. The van der Waals surface area contributed by atoms with Gasteiger partial charge in [-0.15, -0.1) is 0 Å². The molecule has 0 radical (unpaired) electrons. The van der Waals surface area contributed by atoms with Gasteiger partial charge in [0.15, 0.2) is 0 Å². The summed E-state index contributed by atoms with van der Waals surface area (Å²) in [5, 5.41) is 0.571. The molecule has 5 heteroatoms. The Balaban J connectivity index is 1.80. The van der Waals surface area contributed by atoms with Crippen molar-refractivity contribution in [2.75, 3.05) is 6.61 Å². The Morgan fingerprint density at radius 1 is 1.20 bits per heavy atom. The standard InChI is InChI=1S/C15H12ClIN2O/c16-14-12(17)13(8-5-6-8)18-15(19-14)10-7-20-11-4-2-1-3-9(10)11/h1-4,8,10H,5-7H2. The SMILES string of the molecule is Clc1nc(C2COc3ccccc32)nc(C2CC2)c1I. The summed E-state index contributed by atoms with van der Waals surface area (Å²) in [5.74, 6) is 2.39. The van der Waals surface area contributed by atoms with Crippen LogP contribution in [0.2, 0.25) is 5.15 Å². The van der Waals surface area contributed by atoms with E-state index in [2.05, 4.69) is 33.6 Å². The predicted octanol–water partition coefficient (Wildman–Crippen LogP) is 4.14. The molecule has 1 aliphatic heterocycles. The van der Waals surface area contributed by atoms with Crippen molar-refractivity contribution in [2.24, 2.45) is 0 Å². The highest BCUT2D eigenvalue weighted by Gasteiger charge is 2.33. The molecule has 1 unspecified atom stereocenters. The molecule has 3 nitrogen and oxygen atoms in total. The molecule has 4 rings (SSSR count). The molecular formula is C15H12ClIN2O. The first-order valence-corrected chi connectivity index (χ1v) is 8.14. The Morgan fingerprint density at radius 2 is 2.00 bits per heavy atom. The summed E-state index contributed by atoms with van der Waals surface area (Å²) in [6.45, 7) is 0.598. The van der Waals surface area contributed by atoms with Crippen molar-refractivity contribution < 1.29 is 4.74 Å². The highest BCUT2D eigenvalue weighted by atomic mass is 127. The van der Waals surface area contributed by atoms with Crippen LogP contribution in [-0.2, 0) is 0 Å². The van der Waals surface area contributed by atoms with Gasteiger partial charge in [-0.3, -0.25) is 0 Å². The van der Waals surface area contributed by atoms with Crippen LogP contribution in [0.15, 0.2) is 24.3 Å². The summed E-state index contributed by atoms with van der Waals surface area (Å²) >= 11 is 8.55. The van der Waals surface area contributed by atoms with Crippen LogP contribution in [0.5, 0.6) is 5.75 Å². The van der Waals surface area contributed by atoms with Gasteiger partial charge in [-0.2, -0.15) is 0 Å². The van der Waals surface area contributed by atoms with Gasteiger partial charge in [0.05, 0.1) is 15.2 Å². The largest absolute Gasteiger partial charge is 0.492 e. The molecule has 0 bridgehead atoms. The van der Waals surface area contributed by atoms with E-state index in [0.29, 0.717) is 17.7 Å². The van der Waals surface area contributed by atoms with E-state index in [1.807, 2.05) is 18.2 Å². The zero-order valence-corrected chi connectivity index (χ0v) is 13.6. The number of nitrogens with zero attached hydrogens (tertiary/aromatic N) is 2. The number of hydrogen-bond donors (Lipinski definition) is 0. The molecule has 2 aliphatic rings. The summed E-state index contributed by atoms with van der Waals surface area (Å²) in [6, 6.07) is 8.08. The van der Waals surface area contributed by atoms with E-state index in [1.165, 1.54) is 12.8 Å². The molecule has 0 amide bonds. The highest BCUT2D eigenvalue weighted by molar-refractivity contribution is 14.1. The van der Waals surface area contributed by atoms with Crippen LogP contribution in [0, 0.1) is 3.57 Å². The fourth-order valence-electron chi connectivity index (χ4n) is 2.61. The minimum atomic E-state index is 0.0956. The lowest BCUT2D eigenvalue weighted by Gasteiger charge is -2.11. The van der Waals surface area contributed by atoms with Gasteiger partial charge < -0.3 is 4.74 Å². The first-order chi connectivity index (χ1) is 9.74. The Kier molecular flexibility index (Phi) is 3.11. The quantitative estimate of drug-likeness (QED) is 0.563. The number of fused-ring (bicyclic) bond motifs is 1. The molecule has 1 aromatic carbocycles. The molecule has 0 N–H and O–H groups in total. The molecule has 1 saturated carbocycles. The van der Waals surface area contributed by atoms with Gasteiger partial charge in [-0.1, -0.05) is 29.8 Å². The smallest absolute Gasteiger partial charge is 0.146 e. The first-order valence-electron chi connectivity index (χ1n) is 6.68. The Hall–Kier alpha value is -0.880. The molecular weight excluding hydrogens is 387 g/mol. The average molecular weight is 399 g/mol. The maximum absolute atomic E-state index is 6.30. The number of hydrogen-bond acceptors (Lipinski definition) is 3. The first kappa shape index (κ1) is 12.8. The van der Waals surface area contributed by atoms with Gasteiger partial charge in [0.25, 0.3) is 0 Å². The summed E-state index contributed by atoms with van der Waals surface area (Å²) < 4.78 is 6.73. The van der Waals surface area contributed by atoms with E-state index in [-0.39, 0.29) is 5.92 Å². The second-order valence-corrected chi connectivity index (χ2v) is 6.68. The van der Waals surface area contributed by atoms with Gasteiger partial charge >= 0.3 is 0 Å². The second kappa shape index (κ2) is 4.84. The van der Waals surface area contributed by atoms with Crippen LogP contribution in [0.1, 0.15) is 41.8 Å². The zero-order valence-electron chi connectivity index (χ0n) is 10.6. The highest BCUT2D eigenvalue weighted by Crippen LogP contribution is 2.44. The van der Waals surface area contributed by atoms with E-state index < -0.39 is 0 Å². The predicted molar refractivity (Wildman–Crippen MR) is 85.5 cm³/mol. The van der Waals surface area contributed by atoms with Crippen molar-refractivity contribution in [3.63, 3.8) is 0 Å². The monoisotopic (exact) mass is 398 g/mol. The van der Waals surface area contributed by atoms with Crippen molar-refractivity contribution in [3.8, 4) is 5.75 Å². The van der Waals surface area contributed by atoms with E-state index in [1.54, 1.807) is 0 Å². The lowest BCUT2D eigenvalue weighted by molar-refractivity contribution is 0.339. The van der Waals surface area contributed by atoms with Gasteiger partial charge in [0, 0.05) is 11.5 Å².